The maximum Gasteiger partial charge on any atom is 0.261 e. The van der Waals surface area contributed by atoms with E-state index in [4.69, 9.17) is 9.47 Å². The van der Waals surface area contributed by atoms with Gasteiger partial charge in [-0.1, -0.05) is 18.2 Å². The predicted octanol–water partition coefficient (Wildman–Crippen LogP) is 1.86. The van der Waals surface area contributed by atoms with Crippen molar-refractivity contribution in [3.63, 3.8) is 0 Å². The van der Waals surface area contributed by atoms with E-state index in [1.165, 1.54) is 5.56 Å². The highest BCUT2D eigenvalue weighted by Gasteiger charge is 2.21. The van der Waals surface area contributed by atoms with Crippen LogP contribution in [0.5, 0.6) is 5.75 Å². The number of benzene rings is 1. The molecule has 18 heavy (non-hydrogen) atoms. The van der Waals surface area contributed by atoms with Gasteiger partial charge >= 0.3 is 0 Å². The first-order valence-electron chi connectivity index (χ1n) is 6.07. The molecule has 0 fully saturated rings. The van der Waals surface area contributed by atoms with Gasteiger partial charge in [-0.2, -0.15) is 0 Å². The second-order valence-corrected chi connectivity index (χ2v) is 4.22. The first-order chi connectivity index (χ1) is 8.75. The molecule has 1 N–H and O–H groups in total. The fraction of sp³-hybridized carbons (Fsp3) is 0.538. The van der Waals surface area contributed by atoms with Crippen LogP contribution in [0.15, 0.2) is 24.3 Å². The average Bonchev–Trinajstić information content (AvgIpc) is 2.75. The van der Waals surface area contributed by atoms with E-state index in [-0.39, 0.29) is 6.10 Å². The van der Waals surface area contributed by atoms with Gasteiger partial charge in [-0.15, -0.1) is 0 Å². The zero-order valence-corrected chi connectivity index (χ0v) is 10.1. The number of para-hydroxylation sites is 1. The Labute approximate surface area is 105 Å². The van der Waals surface area contributed by atoms with Gasteiger partial charge in [-0.05, 0) is 11.6 Å². The molecule has 1 atom stereocenters. The molecule has 1 aliphatic heterocycles. The Balaban J connectivity index is 1.57. The van der Waals surface area contributed by atoms with E-state index >= 15 is 0 Å². The Morgan fingerprint density at radius 1 is 1.39 bits per heavy atom. The molecule has 0 amide bonds. The molecule has 1 aromatic carbocycles. The predicted molar refractivity (Wildman–Crippen MR) is 64.3 cm³/mol. The Bertz CT molecular complexity index is 349. The second-order valence-electron chi connectivity index (χ2n) is 4.22. The Kier molecular flexibility index (Phi) is 4.90. The third kappa shape index (κ3) is 3.92. The second kappa shape index (κ2) is 6.66. The average molecular weight is 257 g/mol. The van der Waals surface area contributed by atoms with Gasteiger partial charge in [0.1, 0.15) is 18.5 Å². The zero-order valence-electron chi connectivity index (χ0n) is 10.1. The van der Waals surface area contributed by atoms with Crippen LogP contribution in [0.25, 0.3) is 0 Å². The van der Waals surface area contributed by atoms with Crippen LogP contribution in [0.1, 0.15) is 5.56 Å². The molecule has 0 radical (unpaired) electrons. The number of fused-ring (bicyclic) bond motifs is 1. The molecule has 0 saturated heterocycles. The number of hydrogen-bond acceptors (Lipinski definition) is 3. The van der Waals surface area contributed by atoms with Crippen molar-refractivity contribution < 1.29 is 18.3 Å². The first-order valence-corrected chi connectivity index (χ1v) is 6.07. The summed E-state index contributed by atoms with van der Waals surface area (Å²) in [6.07, 6.45) is -1.38. The third-order valence-corrected chi connectivity index (χ3v) is 2.75. The highest BCUT2D eigenvalue weighted by Crippen LogP contribution is 2.27. The number of halogens is 2. The van der Waals surface area contributed by atoms with Gasteiger partial charge in [0.15, 0.2) is 0 Å². The summed E-state index contributed by atoms with van der Waals surface area (Å²) < 4.78 is 34.0. The summed E-state index contributed by atoms with van der Waals surface area (Å²) in [4.78, 5) is 0. The molecule has 0 bridgehead atoms. The van der Waals surface area contributed by atoms with Crippen LogP contribution >= 0.6 is 0 Å². The van der Waals surface area contributed by atoms with Crippen molar-refractivity contribution in [3.05, 3.63) is 29.8 Å². The van der Waals surface area contributed by atoms with Gasteiger partial charge in [0.05, 0.1) is 6.61 Å². The maximum absolute atomic E-state index is 11.8. The summed E-state index contributed by atoms with van der Waals surface area (Å²) in [6, 6.07) is 7.96. The minimum absolute atomic E-state index is 0.123. The summed E-state index contributed by atoms with van der Waals surface area (Å²) in [7, 11) is 0. The summed E-state index contributed by atoms with van der Waals surface area (Å²) in [5, 5.41) is 3.14. The molecule has 1 heterocycles. The van der Waals surface area contributed by atoms with Crippen molar-refractivity contribution in [1.29, 1.82) is 0 Å². The van der Waals surface area contributed by atoms with Crippen LogP contribution in [0.3, 0.4) is 0 Å². The SMILES string of the molecule is FC(F)COCCNCC1Cc2ccccc2O1. The lowest BCUT2D eigenvalue weighted by molar-refractivity contribution is 0.0183. The smallest absolute Gasteiger partial charge is 0.261 e. The van der Waals surface area contributed by atoms with E-state index in [1.54, 1.807) is 0 Å². The molecule has 1 aromatic rings. The van der Waals surface area contributed by atoms with Crippen LogP contribution < -0.4 is 10.1 Å². The monoisotopic (exact) mass is 257 g/mol. The summed E-state index contributed by atoms with van der Waals surface area (Å²) >= 11 is 0. The normalized spacial score (nSPS) is 17.8. The molecular weight excluding hydrogens is 240 g/mol. The quantitative estimate of drug-likeness (QED) is 0.756. The van der Waals surface area contributed by atoms with E-state index in [1.807, 2.05) is 18.2 Å². The van der Waals surface area contributed by atoms with Crippen LogP contribution in [0.2, 0.25) is 0 Å². The molecule has 0 spiro atoms. The van der Waals surface area contributed by atoms with Gasteiger partial charge in [0, 0.05) is 19.5 Å². The molecule has 1 aliphatic rings. The standard InChI is InChI=1S/C13H17F2NO2/c14-13(15)9-17-6-5-16-8-11-7-10-3-1-2-4-12(10)18-11/h1-4,11,13,16H,5-9H2. The minimum Gasteiger partial charge on any atom is -0.488 e. The van der Waals surface area contributed by atoms with Crippen molar-refractivity contribution >= 4 is 0 Å². The van der Waals surface area contributed by atoms with Gasteiger partial charge < -0.3 is 14.8 Å². The molecule has 0 saturated carbocycles. The highest BCUT2D eigenvalue weighted by atomic mass is 19.3. The minimum atomic E-state index is -2.39. The summed E-state index contributed by atoms with van der Waals surface area (Å²) in [5.41, 5.74) is 1.22. The lowest BCUT2D eigenvalue weighted by Crippen LogP contribution is -2.32. The molecular formula is C13H17F2NO2. The molecule has 2 rings (SSSR count). The molecule has 100 valence electrons. The number of ether oxygens (including phenoxy) is 2. The lowest BCUT2D eigenvalue weighted by atomic mass is 10.1. The van der Waals surface area contributed by atoms with Gasteiger partial charge in [-0.25, -0.2) is 8.78 Å². The molecule has 1 unspecified atom stereocenters. The number of hydrogen-bond donors (Lipinski definition) is 1. The van der Waals surface area contributed by atoms with Crippen molar-refractivity contribution in [1.82, 2.24) is 5.32 Å². The molecule has 3 nitrogen and oxygen atoms in total. The van der Waals surface area contributed by atoms with Crippen molar-refractivity contribution in [2.45, 2.75) is 19.0 Å². The lowest BCUT2D eigenvalue weighted by Gasteiger charge is -2.11. The van der Waals surface area contributed by atoms with Crippen molar-refractivity contribution in [3.8, 4) is 5.75 Å². The maximum atomic E-state index is 11.8. The van der Waals surface area contributed by atoms with Crippen LogP contribution in [0.4, 0.5) is 8.78 Å². The van der Waals surface area contributed by atoms with E-state index in [0.29, 0.717) is 19.7 Å². The van der Waals surface area contributed by atoms with Crippen LogP contribution in [0, 0.1) is 0 Å². The third-order valence-electron chi connectivity index (χ3n) is 2.75. The van der Waals surface area contributed by atoms with E-state index < -0.39 is 13.0 Å². The fourth-order valence-electron chi connectivity index (χ4n) is 1.95. The number of rotatable bonds is 7. The summed E-state index contributed by atoms with van der Waals surface area (Å²) in [6.45, 7) is 1.06. The van der Waals surface area contributed by atoms with E-state index in [2.05, 4.69) is 11.4 Å². The summed E-state index contributed by atoms with van der Waals surface area (Å²) in [5.74, 6) is 0.943. The van der Waals surface area contributed by atoms with Gasteiger partial charge in [0.25, 0.3) is 6.43 Å². The topological polar surface area (TPSA) is 30.5 Å². The van der Waals surface area contributed by atoms with E-state index in [9.17, 15) is 8.78 Å². The largest absolute Gasteiger partial charge is 0.488 e. The molecule has 5 heteroatoms. The first kappa shape index (κ1) is 13.2. The van der Waals surface area contributed by atoms with Crippen molar-refractivity contribution in [2.24, 2.45) is 0 Å². The van der Waals surface area contributed by atoms with Gasteiger partial charge in [-0.3, -0.25) is 0 Å². The Hall–Kier alpha value is -1.20. The molecule has 0 aliphatic carbocycles. The highest BCUT2D eigenvalue weighted by molar-refractivity contribution is 5.37. The fourth-order valence-corrected chi connectivity index (χ4v) is 1.95. The van der Waals surface area contributed by atoms with Crippen molar-refractivity contribution in [2.75, 3.05) is 26.3 Å². The Morgan fingerprint density at radius 2 is 2.22 bits per heavy atom. The van der Waals surface area contributed by atoms with E-state index in [0.717, 1.165) is 12.2 Å². The Morgan fingerprint density at radius 3 is 3.00 bits per heavy atom. The zero-order chi connectivity index (χ0) is 12.8. The number of alkyl halides is 2. The van der Waals surface area contributed by atoms with Crippen LogP contribution in [-0.4, -0.2) is 38.8 Å². The van der Waals surface area contributed by atoms with Crippen LogP contribution in [-0.2, 0) is 11.2 Å². The van der Waals surface area contributed by atoms with Gasteiger partial charge in [0.2, 0.25) is 0 Å². The molecule has 0 aromatic heterocycles. The number of nitrogens with one attached hydrogen (secondary N) is 1.